The van der Waals surface area contributed by atoms with Gasteiger partial charge in [0.1, 0.15) is 6.33 Å². The maximum atomic E-state index is 12.2. The lowest BCUT2D eigenvalue weighted by Gasteiger charge is -2.10. The Morgan fingerprint density at radius 1 is 1.40 bits per heavy atom. The highest BCUT2D eigenvalue weighted by molar-refractivity contribution is 5.99. The number of carbonyl (C=O) groups is 1. The molecule has 0 aliphatic rings. The standard InChI is InChI=1S/C13H18N6O/c1-3-15-11-7-14-6-5-10(11)13(20)16-8-12-18-17-9-19(12)4-2/h5-7,9,15H,3-4,8H2,1-2H3,(H,16,20). The van der Waals surface area contributed by atoms with Gasteiger partial charge >= 0.3 is 0 Å². The maximum absolute atomic E-state index is 12.2. The molecule has 0 aromatic carbocycles. The van der Waals surface area contributed by atoms with E-state index in [1.54, 1.807) is 24.8 Å². The lowest BCUT2D eigenvalue weighted by molar-refractivity contribution is 0.0950. The van der Waals surface area contributed by atoms with Crippen LogP contribution in [0, 0.1) is 0 Å². The van der Waals surface area contributed by atoms with Crippen molar-refractivity contribution >= 4 is 11.6 Å². The number of nitrogens with zero attached hydrogens (tertiary/aromatic N) is 4. The van der Waals surface area contributed by atoms with E-state index in [1.807, 2.05) is 18.4 Å². The number of hydrogen-bond acceptors (Lipinski definition) is 5. The Morgan fingerprint density at radius 3 is 3.00 bits per heavy atom. The molecule has 106 valence electrons. The highest BCUT2D eigenvalue weighted by Gasteiger charge is 2.12. The molecular weight excluding hydrogens is 256 g/mol. The number of aryl methyl sites for hydroxylation is 1. The lowest BCUT2D eigenvalue weighted by Crippen LogP contribution is -2.25. The fraction of sp³-hybridized carbons (Fsp3) is 0.385. The zero-order chi connectivity index (χ0) is 14.4. The summed E-state index contributed by atoms with van der Waals surface area (Å²) >= 11 is 0. The quantitative estimate of drug-likeness (QED) is 0.822. The molecule has 0 fully saturated rings. The van der Waals surface area contributed by atoms with Crippen LogP contribution in [0.4, 0.5) is 5.69 Å². The summed E-state index contributed by atoms with van der Waals surface area (Å²) in [6, 6.07) is 1.69. The molecule has 2 aromatic rings. The molecule has 0 spiro atoms. The molecule has 0 unspecified atom stereocenters. The third-order valence-corrected chi connectivity index (χ3v) is 2.88. The van der Waals surface area contributed by atoms with Crippen LogP contribution < -0.4 is 10.6 Å². The fourth-order valence-corrected chi connectivity index (χ4v) is 1.86. The second-order valence-corrected chi connectivity index (χ2v) is 4.17. The topological polar surface area (TPSA) is 84.7 Å². The van der Waals surface area contributed by atoms with E-state index in [0.29, 0.717) is 12.1 Å². The van der Waals surface area contributed by atoms with Gasteiger partial charge in [0, 0.05) is 19.3 Å². The molecule has 0 aliphatic carbocycles. The average Bonchev–Trinajstić information content (AvgIpc) is 2.93. The van der Waals surface area contributed by atoms with Crippen molar-refractivity contribution in [3.05, 3.63) is 36.2 Å². The van der Waals surface area contributed by atoms with Crippen molar-refractivity contribution in [3.8, 4) is 0 Å². The molecule has 0 aliphatic heterocycles. The van der Waals surface area contributed by atoms with Crippen molar-refractivity contribution in [1.29, 1.82) is 0 Å². The van der Waals surface area contributed by atoms with Gasteiger partial charge in [-0.3, -0.25) is 9.78 Å². The number of anilines is 1. The summed E-state index contributed by atoms with van der Waals surface area (Å²) in [5, 5.41) is 13.8. The lowest BCUT2D eigenvalue weighted by atomic mass is 10.2. The van der Waals surface area contributed by atoms with Crippen molar-refractivity contribution in [2.24, 2.45) is 0 Å². The van der Waals surface area contributed by atoms with Crippen molar-refractivity contribution in [2.45, 2.75) is 26.9 Å². The zero-order valence-electron chi connectivity index (χ0n) is 11.6. The van der Waals surface area contributed by atoms with Gasteiger partial charge in [-0.1, -0.05) is 0 Å². The minimum Gasteiger partial charge on any atom is -0.383 e. The molecule has 0 radical (unpaired) electrons. The van der Waals surface area contributed by atoms with E-state index in [9.17, 15) is 4.79 Å². The molecule has 0 saturated heterocycles. The number of nitrogens with one attached hydrogen (secondary N) is 2. The van der Waals surface area contributed by atoms with Gasteiger partial charge in [0.15, 0.2) is 5.82 Å². The molecular formula is C13H18N6O. The van der Waals surface area contributed by atoms with Gasteiger partial charge in [0.2, 0.25) is 0 Å². The number of amides is 1. The number of rotatable bonds is 6. The summed E-state index contributed by atoms with van der Waals surface area (Å²) in [6.45, 7) is 5.83. The third kappa shape index (κ3) is 3.11. The van der Waals surface area contributed by atoms with Crippen LogP contribution in [0.1, 0.15) is 30.0 Å². The Kier molecular flexibility index (Phi) is 4.65. The number of hydrogen-bond donors (Lipinski definition) is 2. The van der Waals surface area contributed by atoms with Gasteiger partial charge in [-0.15, -0.1) is 10.2 Å². The van der Waals surface area contributed by atoms with Crippen LogP contribution in [0.2, 0.25) is 0 Å². The van der Waals surface area contributed by atoms with Crippen molar-refractivity contribution in [3.63, 3.8) is 0 Å². The Bertz CT molecular complexity index is 580. The van der Waals surface area contributed by atoms with E-state index in [0.717, 1.165) is 24.6 Å². The molecule has 2 heterocycles. The van der Waals surface area contributed by atoms with Crippen molar-refractivity contribution in [2.75, 3.05) is 11.9 Å². The summed E-state index contributed by atoms with van der Waals surface area (Å²) in [4.78, 5) is 16.2. The van der Waals surface area contributed by atoms with E-state index >= 15 is 0 Å². The summed E-state index contributed by atoms with van der Waals surface area (Å²) in [5.74, 6) is 0.578. The van der Waals surface area contributed by atoms with Gasteiger partial charge in [-0.2, -0.15) is 0 Å². The Hall–Kier alpha value is -2.44. The third-order valence-electron chi connectivity index (χ3n) is 2.88. The van der Waals surface area contributed by atoms with E-state index in [1.165, 1.54) is 0 Å². The zero-order valence-corrected chi connectivity index (χ0v) is 11.6. The van der Waals surface area contributed by atoms with Crippen LogP contribution in [0.25, 0.3) is 0 Å². The Balaban J connectivity index is 2.05. The number of aromatic nitrogens is 4. The van der Waals surface area contributed by atoms with Gasteiger partial charge in [0.05, 0.1) is 24.0 Å². The molecule has 2 N–H and O–H groups in total. The monoisotopic (exact) mass is 274 g/mol. The van der Waals surface area contributed by atoms with Crippen LogP contribution in [0.3, 0.4) is 0 Å². The summed E-state index contributed by atoms with van der Waals surface area (Å²) in [7, 11) is 0. The van der Waals surface area contributed by atoms with Crippen LogP contribution in [0.15, 0.2) is 24.8 Å². The minimum atomic E-state index is -0.158. The first-order valence-electron chi connectivity index (χ1n) is 6.59. The molecule has 2 aromatic heterocycles. The van der Waals surface area contributed by atoms with Crippen LogP contribution in [-0.4, -0.2) is 32.2 Å². The maximum Gasteiger partial charge on any atom is 0.253 e. The Morgan fingerprint density at radius 2 is 2.25 bits per heavy atom. The fourth-order valence-electron chi connectivity index (χ4n) is 1.86. The Labute approximate surface area is 117 Å². The molecule has 20 heavy (non-hydrogen) atoms. The van der Waals surface area contributed by atoms with E-state index in [-0.39, 0.29) is 5.91 Å². The highest BCUT2D eigenvalue weighted by atomic mass is 16.1. The van der Waals surface area contributed by atoms with Gasteiger partial charge in [-0.25, -0.2) is 0 Å². The van der Waals surface area contributed by atoms with E-state index < -0.39 is 0 Å². The first-order chi connectivity index (χ1) is 9.76. The predicted molar refractivity (Wildman–Crippen MR) is 75.3 cm³/mol. The SMILES string of the molecule is CCNc1cnccc1C(=O)NCc1nncn1CC. The molecule has 0 atom stereocenters. The molecule has 0 bridgehead atoms. The first kappa shape index (κ1) is 14.0. The van der Waals surface area contributed by atoms with Crippen molar-refractivity contribution in [1.82, 2.24) is 25.1 Å². The van der Waals surface area contributed by atoms with Gasteiger partial charge in [-0.05, 0) is 19.9 Å². The largest absolute Gasteiger partial charge is 0.383 e. The number of pyridine rings is 1. The van der Waals surface area contributed by atoms with Crippen LogP contribution in [0.5, 0.6) is 0 Å². The van der Waals surface area contributed by atoms with Crippen LogP contribution in [-0.2, 0) is 13.1 Å². The second kappa shape index (κ2) is 6.65. The van der Waals surface area contributed by atoms with Gasteiger partial charge < -0.3 is 15.2 Å². The molecule has 7 nitrogen and oxygen atoms in total. The normalized spacial score (nSPS) is 10.3. The predicted octanol–water partition coefficient (Wildman–Crippen LogP) is 1.05. The van der Waals surface area contributed by atoms with Gasteiger partial charge in [0.25, 0.3) is 5.91 Å². The molecule has 7 heteroatoms. The molecule has 1 amide bonds. The van der Waals surface area contributed by atoms with Crippen LogP contribution >= 0.6 is 0 Å². The second-order valence-electron chi connectivity index (χ2n) is 4.17. The summed E-state index contributed by atoms with van der Waals surface area (Å²) in [6.07, 6.45) is 4.90. The van der Waals surface area contributed by atoms with E-state index in [2.05, 4.69) is 25.8 Å². The minimum absolute atomic E-state index is 0.158. The highest BCUT2D eigenvalue weighted by Crippen LogP contribution is 2.12. The summed E-state index contributed by atoms with van der Waals surface area (Å²) in [5.41, 5.74) is 1.30. The average molecular weight is 274 g/mol. The smallest absolute Gasteiger partial charge is 0.253 e. The molecule has 2 rings (SSSR count). The molecule has 0 saturated carbocycles. The number of carbonyl (C=O) groups excluding carboxylic acids is 1. The first-order valence-corrected chi connectivity index (χ1v) is 6.59. The van der Waals surface area contributed by atoms with E-state index in [4.69, 9.17) is 0 Å². The van der Waals surface area contributed by atoms with Crippen molar-refractivity contribution < 1.29 is 4.79 Å². The summed E-state index contributed by atoms with van der Waals surface area (Å²) < 4.78 is 1.89.